The Morgan fingerprint density at radius 2 is 1.96 bits per heavy atom. The third-order valence-corrected chi connectivity index (χ3v) is 5.33. The normalized spacial score (nSPS) is 17.4. The molecule has 0 radical (unpaired) electrons. The average molecular weight is 382 g/mol. The van der Waals surface area contributed by atoms with Crippen molar-refractivity contribution in [1.82, 2.24) is 9.88 Å². The highest BCUT2D eigenvalue weighted by molar-refractivity contribution is 7.92. The Bertz CT molecular complexity index is 935. The van der Waals surface area contributed by atoms with Crippen molar-refractivity contribution in [2.24, 2.45) is 0 Å². The molecule has 1 fully saturated rings. The summed E-state index contributed by atoms with van der Waals surface area (Å²) in [5.41, 5.74) is -0.106. The largest absolute Gasteiger partial charge is 0.358 e. The van der Waals surface area contributed by atoms with E-state index < -0.39 is 27.7 Å². The topological polar surface area (TPSA) is 91.4 Å². The van der Waals surface area contributed by atoms with Crippen LogP contribution in [0.25, 0.3) is 0 Å². The van der Waals surface area contributed by atoms with Gasteiger partial charge in [-0.15, -0.1) is 0 Å². The molecular weight excluding hydrogens is 366 g/mol. The molecule has 1 aliphatic heterocycles. The van der Waals surface area contributed by atoms with Crippen LogP contribution in [0.5, 0.6) is 0 Å². The van der Waals surface area contributed by atoms with E-state index >= 15 is 0 Å². The summed E-state index contributed by atoms with van der Waals surface area (Å²) >= 11 is 0. The monoisotopic (exact) mass is 382 g/mol. The van der Waals surface area contributed by atoms with Crippen molar-refractivity contribution in [1.29, 1.82) is 0 Å². The van der Waals surface area contributed by atoms with Crippen molar-refractivity contribution < 1.29 is 22.0 Å². The molecule has 0 spiro atoms. The highest BCUT2D eigenvalue weighted by Crippen LogP contribution is 2.20. The molecule has 1 aromatic heterocycles. The number of aromatic nitrogens is 1. The Hall–Kier alpha value is -2.75. The van der Waals surface area contributed by atoms with Gasteiger partial charge in [0.1, 0.15) is 16.8 Å². The molecule has 2 N–H and O–H groups in total. The number of hydrogen-bond donors (Lipinski definition) is 2. The van der Waals surface area contributed by atoms with Gasteiger partial charge >= 0.3 is 0 Å². The van der Waals surface area contributed by atoms with Gasteiger partial charge in [0, 0.05) is 25.9 Å². The van der Waals surface area contributed by atoms with Crippen molar-refractivity contribution in [3.05, 3.63) is 48.2 Å². The molecule has 1 aliphatic rings. The average Bonchev–Trinajstić information content (AvgIpc) is 2.90. The number of carbonyl (C=O) groups excluding carboxylic acids is 1. The lowest BCUT2D eigenvalue weighted by molar-refractivity contribution is -0.127. The van der Waals surface area contributed by atoms with Crippen LogP contribution in [0.3, 0.4) is 0 Å². The lowest BCUT2D eigenvalue weighted by Crippen LogP contribution is -2.31. The molecule has 2 heterocycles. The van der Waals surface area contributed by atoms with E-state index in [2.05, 4.69) is 15.0 Å². The summed E-state index contributed by atoms with van der Waals surface area (Å²) in [6.07, 6.45) is 1.75. The van der Waals surface area contributed by atoms with Crippen LogP contribution in [0.15, 0.2) is 41.4 Å². The molecule has 3 rings (SSSR count). The minimum atomic E-state index is -4.01. The second kappa shape index (κ2) is 6.87. The highest BCUT2D eigenvalue weighted by Gasteiger charge is 2.29. The molecule has 1 saturated heterocycles. The predicted octanol–water partition coefficient (Wildman–Crippen LogP) is 1.80. The number of carbonyl (C=O) groups is 1. The second-order valence-electron chi connectivity index (χ2n) is 5.86. The lowest BCUT2D eigenvalue weighted by Gasteiger charge is -2.13. The first-order valence-electron chi connectivity index (χ1n) is 7.72. The van der Waals surface area contributed by atoms with Crippen LogP contribution in [0.1, 0.15) is 6.42 Å². The van der Waals surface area contributed by atoms with Gasteiger partial charge in [0.2, 0.25) is 5.91 Å². The number of sulfonamides is 1. The molecule has 10 heteroatoms. The number of likely N-dealkylation sites (tertiary alicyclic amines) is 1. The number of anilines is 2. The molecule has 138 valence electrons. The molecule has 0 aliphatic carbocycles. The van der Waals surface area contributed by atoms with Gasteiger partial charge in [-0.3, -0.25) is 9.52 Å². The van der Waals surface area contributed by atoms with E-state index in [0.717, 1.165) is 24.4 Å². The fraction of sp³-hybridized carbons (Fsp3) is 0.250. The number of likely N-dealkylation sites (N-methyl/N-ethyl adjacent to an activating group) is 1. The van der Waals surface area contributed by atoms with E-state index in [0.29, 0.717) is 18.8 Å². The Morgan fingerprint density at radius 3 is 2.54 bits per heavy atom. The van der Waals surface area contributed by atoms with Crippen molar-refractivity contribution >= 4 is 27.4 Å². The van der Waals surface area contributed by atoms with Crippen LogP contribution in [0, 0.1) is 11.6 Å². The van der Waals surface area contributed by atoms with E-state index in [1.165, 1.54) is 12.1 Å². The number of pyridine rings is 1. The Morgan fingerprint density at radius 1 is 1.19 bits per heavy atom. The van der Waals surface area contributed by atoms with E-state index in [1.54, 1.807) is 11.9 Å². The van der Waals surface area contributed by atoms with Gasteiger partial charge in [0.25, 0.3) is 10.0 Å². The van der Waals surface area contributed by atoms with E-state index in [-0.39, 0.29) is 16.5 Å². The maximum atomic E-state index is 13.2. The molecule has 0 bridgehead atoms. The Kier molecular flexibility index (Phi) is 4.77. The minimum Gasteiger partial charge on any atom is -0.358 e. The van der Waals surface area contributed by atoms with Crippen molar-refractivity contribution in [2.75, 3.05) is 23.6 Å². The van der Waals surface area contributed by atoms with E-state index in [4.69, 9.17) is 0 Å². The van der Waals surface area contributed by atoms with E-state index in [1.807, 2.05) is 0 Å². The first-order chi connectivity index (χ1) is 12.3. The fourth-order valence-corrected chi connectivity index (χ4v) is 3.53. The number of halogens is 2. The summed E-state index contributed by atoms with van der Waals surface area (Å²) in [5, 5.41) is 2.95. The van der Waals surface area contributed by atoms with Gasteiger partial charge in [0.05, 0.1) is 5.69 Å². The molecule has 1 unspecified atom stereocenters. The third kappa shape index (κ3) is 3.74. The quantitative estimate of drug-likeness (QED) is 0.823. The number of benzene rings is 1. The van der Waals surface area contributed by atoms with Crippen LogP contribution in [-0.4, -0.2) is 43.8 Å². The van der Waals surface area contributed by atoms with Crippen molar-refractivity contribution in [2.45, 2.75) is 17.4 Å². The summed E-state index contributed by atoms with van der Waals surface area (Å²) in [7, 11) is -2.31. The first-order valence-corrected chi connectivity index (χ1v) is 9.20. The fourth-order valence-electron chi connectivity index (χ4n) is 2.53. The number of hydrogen-bond acceptors (Lipinski definition) is 5. The standard InChI is InChI=1S/C16H16F2N4O3S/c1-22-7-6-14(16(22)23)20-15-5-3-11(9-19-15)26(24,25)21-10-2-4-12(17)13(18)8-10/h2-5,8-9,14,21H,6-7H2,1H3,(H,19,20). The lowest BCUT2D eigenvalue weighted by atomic mass is 10.2. The van der Waals surface area contributed by atoms with Crippen molar-refractivity contribution in [3.63, 3.8) is 0 Å². The first kappa shape index (κ1) is 18.1. The van der Waals surface area contributed by atoms with Crippen LogP contribution in [0.4, 0.5) is 20.3 Å². The van der Waals surface area contributed by atoms with Gasteiger partial charge in [-0.05, 0) is 30.7 Å². The SMILES string of the molecule is CN1CCC(Nc2ccc(S(=O)(=O)Nc3ccc(F)c(F)c3)cn2)C1=O. The van der Waals surface area contributed by atoms with Gasteiger partial charge in [-0.25, -0.2) is 22.2 Å². The van der Waals surface area contributed by atoms with Crippen LogP contribution >= 0.6 is 0 Å². The van der Waals surface area contributed by atoms with Crippen LogP contribution < -0.4 is 10.0 Å². The smallest absolute Gasteiger partial charge is 0.263 e. The molecule has 0 saturated carbocycles. The van der Waals surface area contributed by atoms with Gasteiger partial charge in [-0.1, -0.05) is 0 Å². The van der Waals surface area contributed by atoms with Crippen molar-refractivity contribution in [3.8, 4) is 0 Å². The van der Waals surface area contributed by atoms with Crippen LogP contribution in [-0.2, 0) is 14.8 Å². The summed E-state index contributed by atoms with van der Waals surface area (Å²) < 4.78 is 52.9. The molecule has 26 heavy (non-hydrogen) atoms. The highest BCUT2D eigenvalue weighted by atomic mass is 32.2. The molecule has 1 amide bonds. The molecular formula is C16H16F2N4O3S. The zero-order chi connectivity index (χ0) is 18.9. The number of rotatable bonds is 5. The number of nitrogens with one attached hydrogen (secondary N) is 2. The molecule has 1 aromatic carbocycles. The maximum Gasteiger partial charge on any atom is 0.263 e. The number of amides is 1. The van der Waals surface area contributed by atoms with Gasteiger partial charge < -0.3 is 10.2 Å². The third-order valence-electron chi connectivity index (χ3n) is 3.97. The zero-order valence-corrected chi connectivity index (χ0v) is 14.6. The minimum absolute atomic E-state index is 0.0523. The molecule has 1 atom stereocenters. The zero-order valence-electron chi connectivity index (χ0n) is 13.7. The summed E-state index contributed by atoms with van der Waals surface area (Å²) in [6.45, 7) is 0.640. The molecule has 2 aromatic rings. The van der Waals surface area contributed by atoms with Gasteiger partial charge in [0.15, 0.2) is 11.6 Å². The maximum absolute atomic E-state index is 13.2. The molecule has 7 nitrogen and oxygen atoms in total. The summed E-state index contributed by atoms with van der Waals surface area (Å²) in [6, 6.07) is 5.04. The summed E-state index contributed by atoms with van der Waals surface area (Å²) in [4.78, 5) is 17.3. The Labute approximate surface area is 149 Å². The predicted molar refractivity (Wildman–Crippen MR) is 91.1 cm³/mol. The summed E-state index contributed by atoms with van der Waals surface area (Å²) in [5.74, 6) is -1.92. The van der Waals surface area contributed by atoms with Crippen LogP contribution in [0.2, 0.25) is 0 Å². The van der Waals surface area contributed by atoms with Gasteiger partial charge in [-0.2, -0.15) is 0 Å². The number of nitrogens with zero attached hydrogens (tertiary/aromatic N) is 2. The van der Waals surface area contributed by atoms with E-state index in [9.17, 15) is 22.0 Å². The Balaban J connectivity index is 1.72. The second-order valence-corrected chi connectivity index (χ2v) is 7.54.